The van der Waals surface area contributed by atoms with Gasteiger partial charge in [0.2, 0.25) is 60.1 Å². The van der Waals surface area contributed by atoms with E-state index >= 15 is 0 Å². The highest BCUT2D eigenvalue weighted by Crippen LogP contribution is 2.15. The van der Waals surface area contributed by atoms with E-state index in [1.54, 1.807) is 0 Å². The minimum absolute atomic E-state index is 0. The lowest BCUT2D eigenvalue weighted by Gasteiger charge is -2.33. The highest BCUT2D eigenvalue weighted by molar-refractivity contribution is 7.91. The molecule has 0 aromatic rings. The van der Waals surface area contributed by atoms with Crippen LogP contribution in [0.5, 0.6) is 0 Å². The van der Waals surface area contributed by atoms with E-state index in [9.17, 15) is 58.9 Å². The van der Waals surface area contributed by atoms with Gasteiger partial charge < -0.3 is 33.5 Å². The van der Waals surface area contributed by atoms with E-state index in [1.165, 1.54) is 11.4 Å². The number of sulfonamides is 6. The van der Waals surface area contributed by atoms with Crippen LogP contribution >= 0.6 is 0 Å². The maximum atomic E-state index is 11.7. The van der Waals surface area contributed by atoms with E-state index in [-0.39, 0.29) is 149 Å². The van der Waals surface area contributed by atoms with Gasteiger partial charge in [-0.1, -0.05) is 29.7 Å². The van der Waals surface area contributed by atoms with Crippen LogP contribution in [0, 0.1) is 0 Å². The second-order valence-corrected chi connectivity index (χ2v) is 26.9. The topological polar surface area (TPSA) is 357 Å². The summed E-state index contributed by atoms with van der Waals surface area (Å²) in [5.74, 6) is -0.330. The van der Waals surface area contributed by atoms with Crippen LogP contribution < -0.4 is 5.14 Å². The van der Waals surface area contributed by atoms with Crippen LogP contribution in [-0.4, -0.2) is 238 Å². The maximum Gasteiger partial charge on any atom is 0.219 e. The van der Waals surface area contributed by atoms with Crippen LogP contribution in [0.25, 0.3) is 0 Å². The first-order chi connectivity index (χ1) is 26.7. The summed E-state index contributed by atoms with van der Waals surface area (Å²) in [6.45, 7) is 0.480. The Morgan fingerprint density at radius 1 is 0.452 bits per heavy atom. The molecule has 0 aromatic carbocycles. The standard InChI is InChI=1S/2C7H14N2O6S2.C4H9NO3S.C4H8O3S.C2H7NO3S.4CH4/c2*10-16(11)3-1-14-6-8(16)5-9-7-15-2-4-17(9,12)13;1-5-4-8-2-3-9(5,6)7;5-8(6)3-1-7-2-4-8;3-7(5,6)2-1-4;;;;/h2*1-7H2;2-4H2,1H3;1-4H2;4H,1-2H2,(H2,3,5,6);4*1H4. The highest BCUT2D eigenvalue weighted by Gasteiger charge is 2.35. The van der Waals surface area contributed by atoms with E-state index < -0.39 is 76.6 Å². The van der Waals surface area contributed by atoms with Crippen LogP contribution in [0.15, 0.2) is 0 Å². The monoisotopic (exact) mass is 1050 g/mol. The van der Waals surface area contributed by atoms with Crippen LogP contribution in [0.1, 0.15) is 29.7 Å². The Hall–Kier alpha value is -0.870. The number of sulfone groups is 1. The second-order valence-electron chi connectivity index (χ2n) is 12.3. The molecule has 6 aliphatic rings. The fourth-order valence-corrected chi connectivity index (χ4v) is 11.1. The average Bonchev–Trinajstić information content (AvgIpc) is 3.10. The summed E-state index contributed by atoms with van der Waals surface area (Å²) in [5.41, 5.74) is 0. The van der Waals surface area contributed by atoms with Crippen molar-refractivity contribution >= 4 is 70.0 Å². The lowest BCUT2D eigenvalue weighted by atomic mass is 10.8. The number of aliphatic hydroxyl groups is 1. The van der Waals surface area contributed by atoms with E-state index in [0.29, 0.717) is 19.8 Å². The van der Waals surface area contributed by atoms with Gasteiger partial charge in [-0.15, -0.1) is 0 Å². The summed E-state index contributed by atoms with van der Waals surface area (Å²) < 4.78 is 191. The molecule has 6 rings (SSSR count). The lowest BCUT2D eigenvalue weighted by Crippen LogP contribution is -2.51. The van der Waals surface area contributed by atoms with Crippen molar-refractivity contribution in [2.75, 3.05) is 153 Å². The van der Waals surface area contributed by atoms with Crippen molar-refractivity contribution in [3.05, 3.63) is 0 Å². The first kappa shape index (κ1) is 65.4. The smallest absolute Gasteiger partial charge is 0.219 e. The molecule has 6 fully saturated rings. The van der Waals surface area contributed by atoms with Crippen LogP contribution in [0.3, 0.4) is 0 Å². The predicted octanol–water partition coefficient (Wildman–Crippen LogP) is -4.16. The first-order valence-corrected chi connectivity index (χ1v) is 28.4. The Morgan fingerprint density at radius 2 is 0.710 bits per heavy atom. The molecule has 0 spiro atoms. The molecule has 0 aliphatic carbocycles. The summed E-state index contributed by atoms with van der Waals surface area (Å²) >= 11 is 0. The van der Waals surface area contributed by atoms with E-state index in [0.717, 1.165) is 17.2 Å². The van der Waals surface area contributed by atoms with Gasteiger partial charge in [-0.05, 0) is 0 Å². The van der Waals surface area contributed by atoms with Crippen LogP contribution in [-0.2, 0) is 98.4 Å². The fourth-order valence-electron chi connectivity index (χ4n) is 4.32. The number of ether oxygens (including phenoxy) is 6. The van der Waals surface area contributed by atoms with Crippen molar-refractivity contribution in [1.29, 1.82) is 0 Å². The van der Waals surface area contributed by atoms with Gasteiger partial charge in [0.25, 0.3) is 0 Å². The highest BCUT2D eigenvalue weighted by atomic mass is 32.2. The Bertz CT molecular complexity index is 1890. The zero-order valence-corrected chi connectivity index (χ0v) is 37.3. The Balaban J connectivity index is -0.000000724. The summed E-state index contributed by atoms with van der Waals surface area (Å²) in [7, 11) is -21.3. The Morgan fingerprint density at radius 3 is 0.871 bits per heavy atom. The number of hydrogen-bond acceptors (Lipinski definition) is 21. The first-order valence-electron chi connectivity index (χ1n) is 16.9. The molecule has 378 valence electrons. The molecule has 6 aliphatic heterocycles. The summed E-state index contributed by atoms with van der Waals surface area (Å²) in [6, 6.07) is 0. The predicted molar refractivity (Wildman–Crippen MR) is 229 cm³/mol. The maximum absolute atomic E-state index is 11.7. The van der Waals surface area contributed by atoms with Crippen LogP contribution in [0.4, 0.5) is 0 Å². The molecule has 6 saturated heterocycles. The third-order valence-electron chi connectivity index (χ3n) is 7.77. The van der Waals surface area contributed by atoms with Crippen molar-refractivity contribution in [3.8, 4) is 0 Å². The Labute approximate surface area is 369 Å². The summed E-state index contributed by atoms with van der Waals surface area (Å²) in [5, 5.41) is 12.4. The molecule has 27 nitrogen and oxygen atoms in total. The number of aliphatic hydroxyl groups excluding tert-OH is 1. The summed E-state index contributed by atoms with van der Waals surface area (Å²) in [4.78, 5) is 0. The van der Waals surface area contributed by atoms with Crippen LogP contribution in [0.2, 0.25) is 0 Å². The molecule has 0 amide bonds. The van der Waals surface area contributed by atoms with Crippen molar-refractivity contribution in [2.24, 2.45) is 5.14 Å². The zero-order valence-electron chi connectivity index (χ0n) is 31.5. The molecule has 0 radical (unpaired) electrons. The normalized spacial score (nSPS) is 25.5. The molecule has 62 heavy (non-hydrogen) atoms. The largest absolute Gasteiger partial charge is 0.395 e. The molecule has 0 unspecified atom stereocenters. The number of primary sulfonamides is 1. The summed E-state index contributed by atoms with van der Waals surface area (Å²) in [6.07, 6.45) is 0. The number of hydrogen-bond donors (Lipinski definition) is 2. The molecule has 0 bridgehead atoms. The van der Waals surface area contributed by atoms with Gasteiger partial charge >= 0.3 is 0 Å². The molecule has 0 atom stereocenters. The van der Waals surface area contributed by atoms with Gasteiger partial charge in [-0.25, -0.2) is 64.1 Å². The molecular weight excluding hydrogens is 981 g/mol. The van der Waals surface area contributed by atoms with Gasteiger partial charge in [0.05, 0.1) is 112 Å². The lowest BCUT2D eigenvalue weighted by molar-refractivity contribution is 0.0154. The minimum Gasteiger partial charge on any atom is -0.395 e. The number of nitrogens with two attached hydrogens (primary N) is 1. The van der Waals surface area contributed by atoms with Crippen molar-refractivity contribution < 1.29 is 92.5 Å². The fraction of sp³-hybridized carbons (Fsp3) is 1.00. The van der Waals surface area contributed by atoms with Crippen molar-refractivity contribution in [3.63, 3.8) is 0 Å². The van der Waals surface area contributed by atoms with E-state index in [1.807, 2.05) is 0 Å². The molecule has 0 saturated carbocycles. The SMILES string of the molecule is C.C.C.C.CN1COCCS1(=O)=O.NS(=O)(=O)CCO.O=S1(=O)CCOCC1.O=S1(=O)CCOCN1CN1COCCS1(=O)=O.O=S1(=O)CCOCN1CN1COCCS1(=O)=O. The van der Waals surface area contributed by atoms with Crippen molar-refractivity contribution in [1.82, 2.24) is 21.5 Å². The minimum atomic E-state index is -3.43. The third-order valence-corrected chi connectivity index (χ3v) is 18.6. The number of rotatable bonds is 6. The van der Waals surface area contributed by atoms with Crippen molar-refractivity contribution in [2.45, 2.75) is 29.7 Å². The van der Waals surface area contributed by atoms with Gasteiger partial charge in [0, 0.05) is 7.05 Å². The molecule has 0 aromatic heterocycles. The third kappa shape index (κ3) is 24.1. The van der Waals surface area contributed by atoms with Gasteiger partial charge in [0.1, 0.15) is 33.7 Å². The quantitative estimate of drug-likeness (QED) is 0.255. The number of nitrogens with zero attached hydrogens (tertiary/aromatic N) is 5. The second kappa shape index (κ2) is 29.0. The molecular formula is C28H68N6O21S7. The van der Waals surface area contributed by atoms with Gasteiger partial charge in [-0.2, -0.15) is 21.5 Å². The molecule has 34 heteroatoms. The van der Waals surface area contributed by atoms with Gasteiger partial charge in [-0.3, -0.25) is 0 Å². The average molecular weight is 1050 g/mol. The van der Waals surface area contributed by atoms with E-state index in [4.69, 9.17) is 33.5 Å². The molecule has 6 heterocycles. The van der Waals surface area contributed by atoms with Gasteiger partial charge in [0.15, 0.2) is 9.84 Å². The zero-order chi connectivity index (χ0) is 43.9. The van der Waals surface area contributed by atoms with E-state index in [2.05, 4.69) is 5.14 Å². The Kier molecular flexibility index (Phi) is 30.6. The molecule has 3 N–H and O–H groups in total.